The number of halogens is 1. The van der Waals surface area contributed by atoms with Crippen molar-refractivity contribution in [2.75, 3.05) is 59.2 Å². The van der Waals surface area contributed by atoms with E-state index in [2.05, 4.69) is 22.5 Å². The number of ether oxygens (including phenoxy) is 2. The van der Waals surface area contributed by atoms with Crippen LogP contribution in [-0.2, 0) is 14.9 Å². The van der Waals surface area contributed by atoms with Crippen molar-refractivity contribution in [2.45, 2.75) is 37.6 Å². The fraction of sp³-hybridized carbons (Fsp3) is 0.696. The fourth-order valence-electron chi connectivity index (χ4n) is 4.69. The van der Waals surface area contributed by atoms with Gasteiger partial charge >= 0.3 is 0 Å². The van der Waals surface area contributed by atoms with Crippen LogP contribution in [0.4, 0.5) is 4.39 Å². The molecule has 4 rings (SSSR count). The Morgan fingerprint density at radius 2 is 2.00 bits per heavy atom. The molecule has 166 valence electrons. The first-order chi connectivity index (χ1) is 14.7. The number of benzene rings is 1. The average Bonchev–Trinajstić information content (AvgIpc) is 3.36. The van der Waals surface area contributed by atoms with Gasteiger partial charge in [0.05, 0.1) is 26.4 Å². The van der Waals surface area contributed by atoms with Crippen molar-refractivity contribution in [3.8, 4) is 0 Å². The van der Waals surface area contributed by atoms with Crippen LogP contribution in [0.2, 0.25) is 0 Å². The highest BCUT2D eigenvalue weighted by molar-refractivity contribution is 5.79. The zero-order valence-electron chi connectivity index (χ0n) is 18.0. The molecule has 1 saturated carbocycles. The van der Waals surface area contributed by atoms with Gasteiger partial charge < -0.3 is 20.1 Å². The first-order valence-electron chi connectivity index (χ1n) is 11.4. The molecule has 2 aliphatic heterocycles. The van der Waals surface area contributed by atoms with Crippen LogP contribution in [0.15, 0.2) is 29.3 Å². The van der Waals surface area contributed by atoms with Crippen LogP contribution in [0.1, 0.15) is 31.7 Å². The first-order valence-corrected chi connectivity index (χ1v) is 11.4. The van der Waals surface area contributed by atoms with E-state index in [0.717, 1.165) is 83.4 Å². The molecule has 3 aliphatic rings. The third-order valence-corrected chi connectivity index (χ3v) is 6.69. The Kier molecular flexibility index (Phi) is 7.23. The molecule has 0 radical (unpaired) electrons. The summed E-state index contributed by atoms with van der Waals surface area (Å²) in [6, 6.07) is 7.54. The van der Waals surface area contributed by atoms with Gasteiger partial charge in [0.2, 0.25) is 0 Å². The second kappa shape index (κ2) is 10.1. The second-order valence-electron chi connectivity index (χ2n) is 8.68. The Hall–Kier alpha value is -1.70. The predicted octanol–water partition coefficient (Wildman–Crippen LogP) is 2.15. The van der Waals surface area contributed by atoms with Gasteiger partial charge in [-0.1, -0.05) is 18.2 Å². The van der Waals surface area contributed by atoms with Gasteiger partial charge in [0, 0.05) is 50.2 Å². The zero-order chi connectivity index (χ0) is 20.8. The number of nitrogens with one attached hydrogen (secondary N) is 2. The van der Waals surface area contributed by atoms with Crippen molar-refractivity contribution in [3.05, 3.63) is 35.6 Å². The second-order valence-corrected chi connectivity index (χ2v) is 8.68. The number of guanidine groups is 1. The first kappa shape index (κ1) is 21.5. The number of morpholine rings is 1. The summed E-state index contributed by atoms with van der Waals surface area (Å²) in [5, 5.41) is 6.94. The highest BCUT2D eigenvalue weighted by Crippen LogP contribution is 2.49. The number of rotatable bonds is 8. The Morgan fingerprint density at radius 1 is 1.20 bits per heavy atom. The van der Waals surface area contributed by atoms with Gasteiger partial charge in [-0.05, 0) is 37.8 Å². The smallest absolute Gasteiger partial charge is 0.191 e. The Bertz CT molecular complexity index is 713. The summed E-state index contributed by atoms with van der Waals surface area (Å²) in [5.41, 5.74) is 0.662. The Labute approximate surface area is 179 Å². The monoisotopic (exact) mass is 418 g/mol. The van der Waals surface area contributed by atoms with Crippen LogP contribution in [-0.4, -0.2) is 76.1 Å². The topological polar surface area (TPSA) is 58.1 Å². The molecule has 3 fully saturated rings. The van der Waals surface area contributed by atoms with Crippen molar-refractivity contribution >= 4 is 5.96 Å². The molecule has 0 spiro atoms. The number of nitrogens with zero attached hydrogens (tertiary/aromatic N) is 2. The summed E-state index contributed by atoms with van der Waals surface area (Å²) in [6.07, 6.45) is 3.09. The van der Waals surface area contributed by atoms with E-state index in [0.29, 0.717) is 18.5 Å². The molecule has 0 amide bonds. The van der Waals surface area contributed by atoms with Crippen LogP contribution in [0.5, 0.6) is 0 Å². The van der Waals surface area contributed by atoms with Gasteiger partial charge in [-0.3, -0.25) is 9.89 Å². The van der Waals surface area contributed by atoms with E-state index in [1.54, 1.807) is 12.1 Å². The Morgan fingerprint density at radius 3 is 2.67 bits per heavy atom. The molecule has 6 nitrogen and oxygen atoms in total. The highest BCUT2D eigenvalue weighted by atomic mass is 19.1. The van der Waals surface area contributed by atoms with E-state index >= 15 is 0 Å². The molecule has 2 atom stereocenters. The summed E-state index contributed by atoms with van der Waals surface area (Å²) in [4.78, 5) is 7.39. The number of hydrogen-bond acceptors (Lipinski definition) is 4. The van der Waals surface area contributed by atoms with Crippen molar-refractivity contribution in [3.63, 3.8) is 0 Å². The van der Waals surface area contributed by atoms with Crippen molar-refractivity contribution in [1.29, 1.82) is 0 Å². The zero-order valence-corrected chi connectivity index (χ0v) is 18.0. The molecule has 7 heteroatoms. The molecular weight excluding hydrogens is 383 g/mol. The van der Waals surface area contributed by atoms with E-state index in [1.807, 2.05) is 12.1 Å². The van der Waals surface area contributed by atoms with Crippen molar-refractivity contribution in [2.24, 2.45) is 10.9 Å². The van der Waals surface area contributed by atoms with Crippen LogP contribution >= 0.6 is 0 Å². The maximum atomic E-state index is 14.3. The van der Waals surface area contributed by atoms with Gasteiger partial charge in [-0.2, -0.15) is 0 Å². The minimum absolute atomic E-state index is 0.114. The molecule has 0 aromatic heterocycles. The molecule has 1 aliphatic carbocycles. The normalized spacial score (nSPS) is 25.1. The highest BCUT2D eigenvalue weighted by Gasteiger charge is 2.45. The molecule has 2 saturated heterocycles. The third kappa shape index (κ3) is 5.13. The minimum atomic E-state index is -0.142. The standard InChI is InChI=1S/C23H35FN4O2/c1-2-25-22(27-17-23(8-9-23)19-5-3-4-6-20(19)24)26-15-21(18-7-12-30-16-18)28-10-13-29-14-11-28/h3-6,18,21H,2,7-17H2,1H3,(H2,25,26,27). The van der Waals surface area contributed by atoms with E-state index in [-0.39, 0.29) is 11.2 Å². The Balaban J connectivity index is 1.41. The van der Waals surface area contributed by atoms with E-state index < -0.39 is 0 Å². The quantitative estimate of drug-likeness (QED) is 0.501. The van der Waals surface area contributed by atoms with E-state index in [1.165, 1.54) is 0 Å². The number of aliphatic imine (C=N–C) groups is 1. The van der Waals surface area contributed by atoms with Crippen LogP contribution in [0.3, 0.4) is 0 Å². The molecule has 2 N–H and O–H groups in total. The number of hydrogen-bond donors (Lipinski definition) is 2. The molecule has 1 aromatic carbocycles. The van der Waals surface area contributed by atoms with Crippen molar-refractivity contribution < 1.29 is 13.9 Å². The third-order valence-electron chi connectivity index (χ3n) is 6.69. The van der Waals surface area contributed by atoms with Gasteiger partial charge in [-0.25, -0.2) is 4.39 Å². The maximum Gasteiger partial charge on any atom is 0.191 e. The van der Waals surface area contributed by atoms with Gasteiger partial charge in [0.1, 0.15) is 5.82 Å². The molecule has 0 bridgehead atoms. The van der Waals surface area contributed by atoms with Crippen LogP contribution in [0, 0.1) is 11.7 Å². The van der Waals surface area contributed by atoms with E-state index in [9.17, 15) is 4.39 Å². The summed E-state index contributed by atoms with van der Waals surface area (Å²) < 4.78 is 25.6. The van der Waals surface area contributed by atoms with Crippen molar-refractivity contribution in [1.82, 2.24) is 15.5 Å². The summed E-state index contributed by atoms with van der Waals surface area (Å²) in [7, 11) is 0. The van der Waals surface area contributed by atoms with Gasteiger partial charge in [-0.15, -0.1) is 0 Å². The fourth-order valence-corrected chi connectivity index (χ4v) is 4.69. The van der Waals surface area contributed by atoms with Gasteiger partial charge in [0.15, 0.2) is 5.96 Å². The van der Waals surface area contributed by atoms with Crippen LogP contribution < -0.4 is 10.6 Å². The largest absolute Gasteiger partial charge is 0.381 e. The van der Waals surface area contributed by atoms with Gasteiger partial charge in [0.25, 0.3) is 0 Å². The maximum absolute atomic E-state index is 14.3. The minimum Gasteiger partial charge on any atom is -0.381 e. The molecule has 30 heavy (non-hydrogen) atoms. The lowest BCUT2D eigenvalue weighted by atomic mass is 9.95. The predicted molar refractivity (Wildman–Crippen MR) is 116 cm³/mol. The molecular formula is C23H35FN4O2. The van der Waals surface area contributed by atoms with Crippen LogP contribution in [0.25, 0.3) is 0 Å². The lowest BCUT2D eigenvalue weighted by Gasteiger charge is -2.37. The summed E-state index contributed by atoms with van der Waals surface area (Å²) in [6.45, 7) is 9.51. The average molecular weight is 419 g/mol. The summed E-state index contributed by atoms with van der Waals surface area (Å²) in [5.74, 6) is 1.24. The SMILES string of the molecule is CCNC(=NCC1(c2ccccc2F)CC1)NCC(C1CCOC1)N1CCOCC1. The molecule has 2 unspecified atom stereocenters. The lowest BCUT2D eigenvalue weighted by Crippen LogP contribution is -2.53. The molecule has 1 aromatic rings. The van der Waals surface area contributed by atoms with E-state index in [4.69, 9.17) is 14.5 Å². The molecule has 2 heterocycles. The summed E-state index contributed by atoms with van der Waals surface area (Å²) >= 11 is 0. The lowest BCUT2D eigenvalue weighted by molar-refractivity contribution is 0.00246.